The number of nitrogens with zero attached hydrogens (tertiary/aromatic N) is 1. The normalized spacial score (nSPS) is 11.1. The number of hydrogen-bond acceptors (Lipinski definition) is 3. The lowest BCUT2D eigenvalue weighted by Gasteiger charge is -2.15. The molecule has 0 atom stereocenters. The maximum Gasteiger partial charge on any atom is 0.0589 e. The van der Waals surface area contributed by atoms with Crippen molar-refractivity contribution >= 4 is 0 Å². The number of methoxy groups -OCH3 is 1. The van der Waals surface area contributed by atoms with Gasteiger partial charge in [0.25, 0.3) is 0 Å². The van der Waals surface area contributed by atoms with Gasteiger partial charge in [-0.1, -0.05) is 6.92 Å². The Morgan fingerprint density at radius 3 is 2.57 bits per heavy atom. The fourth-order valence-corrected chi connectivity index (χ4v) is 1.29. The molecule has 0 saturated heterocycles. The minimum atomic E-state index is 0.838. The van der Waals surface area contributed by atoms with Crippen molar-refractivity contribution in [3.63, 3.8) is 0 Å². The topological polar surface area (TPSA) is 24.5 Å². The third-order valence-corrected chi connectivity index (χ3v) is 2.25. The van der Waals surface area contributed by atoms with Gasteiger partial charge in [0.15, 0.2) is 0 Å². The van der Waals surface area contributed by atoms with Crippen molar-refractivity contribution < 1.29 is 4.74 Å². The van der Waals surface area contributed by atoms with Crippen LogP contribution >= 0.6 is 0 Å². The largest absolute Gasteiger partial charge is 0.383 e. The maximum atomic E-state index is 5.02. The van der Waals surface area contributed by atoms with Crippen LogP contribution in [0.4, 0.5) is 0 Å². The first-order chi connectivity index (χ1) is 6.81. The minimum absolute atomic E-state index is 0.838. The zero-order valence-corrected chi connectivity index (χ0v) is 10.0. The lowest BCUT2D eigenvalue weighted by Crippen LogP contribution is -2.25. The second-order valence-corrected chi connectivity index (χ2v) is 3.75. The smallest absolute Gasteiger partial charge is 0.0589 e. The van der Waals surface area contributed by atoms with E-state index >= 15 is 0 Å². The van der Waals surface area contributed by atoms with Crippen LogP contribution in [0.25, 0.3) is 0 Å². The first kappa shape index (κ1) is 13.9. The SMILES string of the molecule is CCCNCCCCN(C)CCOC. The molecule has 0 radical (unpaired) electrons. The fraction of sp³-hybridized carbons (Fsp3) is 1.00. The number of ether oxygens (including phenoxy) is 1. The third kappa shape index (κ3) is 9.96. The van der Waals surface area contributed by atoms with Crippen LogP contribution in [-0.4, -0.2) is 51.8 Å². The number of hydrogen-bond donors (Lipinski definition) is 1. The van der Waals surface area contributed by atoms with Crippen molar-refractivity contribution in [2.45, 2.75) is 26.2 Å². The summed E-state index contributed by atoms with van der Waals surface area (Å²) in [6.45, 7) is 7.57. The summed E-state index contributed by atoms with van der Waals surface area (Å²) >= 11 is 0. The van der Waals surface area contributed by atoms with Gasteiger partial charge in [-0.3, -0.25) is 0 Å². The number of rotatable bonds is 10. The maximum absolute atomic E-state index is 5.02. The molecule has 86 valence electrons. The molecule has 0 aromatic rings. The Hall–Kier alpha value is -0.120. The average Bonchev–Trinajstić information content (AvgIpc) is 2.20. The van der Waals surface area contributed by atoms with Gasteiger partial charge >= 0.3 is 0 Å². The zero-order valence-electron chi connectivity index (χ0n) is 10.0. The molecule has 0 spiro atoms. The molecule has 0 aliphatic heterocycles. The van der Waals surface area contributed by atoms with Crippen LogP contribution in [0.1, 0.15) is 26.2 Å². The van der Waals surface area contributed by atoms with E-state index in [4.69, 9.17) is 4.74 Å². The molecule has 0 aliphatic rings. The van der Waals surface area contributed by atoms with Gasteiger partial charge in [-0.2, -0.15) is 0 Å². The van der Waals surface area contributed by atoms with E-state index in [0.717, 1.165) is 26.2 Å². The molecule has 0 bridgehead atoms. The van der Waals surface area contributed by atoms with E-state index in [1.165, 1.54) is 25.8 Å². The standard InChI is InChI=1S/C11H26N2O/c1-4-7-12-8-5-6-9-13(2)10-11-14-3/h12H,4-11H2,1-3H3. The highest BCUT2D eigenvalue weighted by Gasteiger charge is 1.96. The molecular formula is C11H26N2O. The van der Waals surface area contributed by atoms with Crippen LogP contribution in [0.2, 0.25) is 0 Å². The number of unbranched alkanes of at least 4 members (excludes halogenated alkanes) is 1. The Kier molecular flexibility index (Phi) is 10.9. The summed E-state index contributed by atoms with van der Waals surface area (Å²) in [4.78, 5) is 2.32. The highest BCUT2D eigenvalue weighted by atomic mass is 16.5. The first-order valence-corrected chi connectivity index (χ1v) is 5.69. The molecule has 14 heavy (non-hydrogen) atoms. The quantitative estimate of drug-likeness (QED) is 0.541. The predicted molar refractivity (Wildman–Crippen MR) is 61.8 cm³/mol. The van der Waals surface area contributed by atoms with Gasteiger partial charge in [-0.25, -0.2) is 0 Å². The molecule has 0 heterocycles. The minimum Gasteiger partial charge on any atom is -0.383 e. The summed E-state index contributed by atoms with van der Waals surface area (Å²) in [6, 6.07) is 0. The van der Waals surface area contributed by atoms with Gasteiger partial charge in [-0.05, 0) is 45.9 Å². The lowest BCUT2D eigenvalue weighted by atomic mass is 10.3. The van der Waals surface area contributed by atoms with Crippen molar-refractivity contribution in [3.05, 3.63) is 0 Å². The summed E-state index contributed by atoms with van der Waals surface area (Å²) in [5, 5.41) is 3.41. The predicted octanol–water partition coefficient (Wildman–Crippen LogP) is 1.34. The van der Waals surface area contributed by atoms with Crippen LogP contribution in [-0.2, 0) is 4.74 Å². The van der Waals surface area contributed by atoms with E-state index in [-0.39, 0.29) is 0 Å². The highest BCUT2D eigenvalue weighted by Crippen LogP contribution is 1.91. The van der Waals surface area contributed by atoms with E-state index in [9.17, 15) is 0 Å². The van der Waals surface area contributed by atoms with Crippen LogP contribution in [0.15, 0.2) is 0 Å². The van der Waals surface area contributed by atoms with Gasteiger partial charge in [-0.15, -0.1) is 0 Å². The van der Waals surface area contributed by atoms with Crippen molar-refractivity contribution in [2.75, 3.05) is 46.9 Å². The number of nitrogens with one attached hydrogen (secondary N) is 1. The van der Waals surface area contributed by atoms with Gasteiger partial charge in [0.05, 0.1) is 6.61 Å². The Balaban J connectivity index is 3.02. The first-order valence-electron chi connectivity index (χ1n) is 5.69. The molecule has 0 rings (SSSR count). The molecule has 0 unspecified atom stereocenters. The van der Waals surface area contributed by atoms with Gasteiger partial charge in [0, 0.05) is 13.7 Å². The second-order valence-electron chi connectivity index (χ2n) is 3.75. The Morgan fingerprint density at radius 1 is 1.14 bits per heavy atom. The molecule has 3 nitrogen and oxygen atoms in total. The van der Waals surface area contributed by atoms with E-state index in [1.54, 1.807) is 7.11 Å². The summed E-state index contributed by atoms with van der Waals surface area (Å²) in [7, 11) is 3.90. The van der Waals surface area contributed by atoms with Crippen LogP contribution in [0.5, 0.6) is 0 Å². The summed E-state index contributed by atoms with van der Waals surface area (Å²) in [5.74, 6) is 0. The van der Waals surface area contributed by atoms with Gasteiger partial charge in [0.1, 0.15) is 0 Å². The van der Waals surface area contributed by atoms with Crippen molar-refractivity contribution in [1.82, 2.24) is 10.2 Å². The van der Waals surface area contributed by atoms with Crippen molar-refractivity contribution in [2.24, 2.45) is 0 Å². The summed E-state index contributed by atoms with van der Waals surface area (Å²) in [6.07, 6.45) is 3.78. The Labute approximate surface area is 88.8 Å². The Morgan fingerprint density at radius 2 is 1.93 bits per heavy atom. The van der Waals surface area contributed by atoms with Crippen LogP contribution in [0.3, 0.4) is 0 Å². The zero-order chi connectivity index (χ0) is 10.6. The molecule has 1 N–H and O–H groups in total. The van der Waals surface area contributed by atoms with E-state index in [1.807, 2.05) is 0 Å². The molecule has 0 saturated carbocycles. The van der Waals surface area contributed by atoms with E-state index < -0.39 is 0 Å². The summed E-state index contributed by atoms with van der Waals surface area (Å²) < 4.78 is 5.02. The monoisotopic (exact) mass is 202 g/mol. The van der Waals surface area contributed by atoms with Crippen LogP contribution in [0, 0.1) is 0 Å². The fourth-order valence-electron chi connectivity index (χ4n) is 1.29. The van der Waals surface area contributed by atoms with E-state index in [2.05, 4.69) is 24.2 Å². The number of likely N-dealkylation sites (N-methyl/N-ethyl adjacent to an activating group) is 1. The van der Waals surface area contributed by atoms with Crippen LogP contribution < -0.4 is 5.32 Å². The van der Waals surface area contributed by atoms with Gasteiger partial charge < -0.3 is 15.0 Å². The lowest BCUT2D eigenvalue weighted by molar-refractivity contribution is 0.160. The average molecular weight is 202 g/mol. The van der Waals surface area contributed by atoms with Crippen molar-refractivity contribution in [1.29, 1.82) is 0 Å². The highest BCUT2D eigenvalue weighted by molar-refractivity contribution is 4.53. The molecule has 3 heteroatoms. The van der Waals surface area contributed by atoms with Gasteiger partial charge in [0.2, 0.25) is 0 Å². The second kappa shape index (κ2) is 11.0. The third-order valence-electron chi connectivity index (χ3n) is 2.25. The molecule has 0 amide bonds. The summed E-state index contributed by atoms with van der Waals surface area (Å²) in [5.41, 5.74) is 0. The van der Waals surface area contributed by atoms with E-state index in [0.29, 0.717) is 0 Å². The molecule has 0 aliphatic carbocycles. The Bertz CT molecular complexity index is 109. The molecule has 0 fully saturated rings. The van der Waals surface area contributed by atoms with Crippen molar-refractivity contribution in [3.8, 4) is 0 Å². The molecule has 0 aromatic heterocycles. The molecular weight excluding hydrogens is 176 g/mol. The molecule has 0 aromatic carbocycles.